The van der Waals surface area contributed by atoms with Gasteiger partial charge in [0.05, 0.1) is 16.2 Å². The first-order valence-corrected chi connectivity index (χ1v) is 8.24. The zero-order valence-corrected chi connectivity index (χ0v) is 14.3. The Morgan fingerprint density at radius 2 is 1.71 bits per heavy atom. The lowest BCUT2D eigenvalue weighted by Gasteiger charge is -2.26. The molecule has 1 aromatic heterocycles. The molecule has 24 heavy (non-hydrogen) atoms. The molecule has 2 aromatic carbocycles. The standard InChI is InChI=1S/C18H16Cl2FN3/c19-16-6-5-15(9-17(16)20)18(21,7-8-22)14-3-1-12(2-4-14)13-10-23-24-11-13/h1-6,9-11H,7-8,22H2,(H,23,24). The van der Waals surface area contributed by atoms with Crippen LogP contribution < -0.4 is 5.73 Å². The second-order valence-corrected chi connectivity index (χ2v) is 6.35. The van der Waals surface area contributed by atoms with Crippen LogP contribution in [-0.2, 0) is 5.67 Å². The summed E-state index contributed by atoms with van der Waals surface area (Å²) in [6.07, 6.45) is 3.66. The molecule has 0 amide bonds. The fraction of sp³-hybridized carbons (Fsp3) is 0.167. The zero-order chi connectivity index (χ0) is 17.2. The molecule has 0 aliphatic heterocycles. The van der Waals surface area contributed by atoms with Gasteiger partial charge in [0.15, 0.2) is 5.67 Å². The number of benzene rings is 2. The predicted molar refractivity (Wildman–Crippen MR) is 96.0 cm³/mol. The lowest BCUT2D eigenvalue weighted by atomic mass is 9.84. The minimum absolute atomic E-state index is 0.149. The number of hydrogen-bond acceptors (Lipinski definition) is 2. The SMILES string of the molecule is NCCC(F)(c1ccc(-c2cn[nH]c2)cc1)c1ccc(Cl)c(Cl)c1. The number of nitrogens with two attached hydrogens (primary N) is 1. The van der Waals surface area contributed by atoms with Crippen LogP contribution >= 0.6 is 23.2 Å². The van der Waals surface area contributed by atoms with E-state index >= 15 is 4.39 Å². The van der Waals surface area contributed by atoms with Gasteiger partial charge in [-0.2, -0.15) is 5.10 Å². The monoisotopic (exact) mass is 363 g/mol. The van der Waals surface area contributed by atoms with Crippen molar-refractivity contribution in [3.63, 3.8) is 0 Å². The van der Waals surface area contributed by atoms with E-state index in [1.165, 1.54) is 0 Å². The van der Waals surface area contributed by atoms with Crippen LogP contribution in [0.25, 0.3) is 11.1 Å². The first kappa shape index (κ1) is 17.0. The summed E-state index contributed by atoms with van der Waals surface area (Å²) >= 11 is 12.0. The summed E-state index contributed by atoms with van der Waals surface area (Å²) in [6.45, 7) is 0.209. The van der Waals surface area contributed by atoms with Crippen molar-refractivity contribution < 1.29 is 4.39 Å². The van der Waals surface area contributed by atoms with Crippen molar-refractivity contribution in [3.05, 3.63) is 76.0 Å². The molecule has 3 aromatic rings. The molecule has 1 atom stereocenters. The normalized spacial score (nSPS) is 13.7. The lowest BCUT2D eigenvalue weighted by molar-refractivity contribution is 0.209. The summed E-state index contributed by atoms with van der Waals surface area (Å²) in [4.78, 5) is 0. The van der Waals surface area contributed by atoms with Gasteiger partial charge in [0.25, 0.3) is 0 Å². The van der Waals surface area contributed by atoms with Crippen molar-refractivity contribution in [1.82, 2.24) is 10.2 Å². The summed E-state index contributed by atoms with van der Waals surface area (Å²) in [7, 11) is 0. The molecule has 0 fully saturated rings. The molecule has 0 radical (unpaired) electrons. The van der Waals surface area contributed by atoms with Crippen molar-refractivity contribution in [1.29, 1.82) is 0 Å². The summed E-state index contributed by atoms with van der Waals surface area (Å²) in [5.74, 6) is 0. The molecule has 0 aliphatic carbocycles. The number of aromatic nitrogens is 2. The summed E-state index contributed by atoms with van der Waals surface area (Å²) in [5.41, 5.74) is 6.80. The largest absolute Gasteiger partial charge is 0.330 e. The van der Waals surface area contributed by atoms with Gasteiger partial charge in [0, 0.05) is 18.2 Å². The van der Waals surface area contributed by atoms with Gasteiger partial charge < -0.3 is 5.73 Å². The van der Waals surface area contributed by atoms with Gasteiger partial charge in [0.2, 0.25) is 0 Å². The zero-order valence-electron chi connectivity index (χ0n) is 12.8. The third kappa shape index (κ3) is 3.18. The van der Waals surface area contributed by atoms with Crippen LogP contribution in [0.3, 0.4) is 0 Å². The number of halogens is 3. The van der Waals surface area contributed by atoms with Crippen LogP contribution in [0.4, 0.5) is 4.39 Å². The smallest absolute Gasteiger partial charge is 0.162 e. The topological polar surface area (TPSA) is 54.7 Å². The Labute approximate surface area is 149 Å². The molecule has 3 nitrogen and oxygen atoms in total. The molecule has 0 spiro atoms. The minimum Gasteiger partial charge on any atom is -0.330 e. The molecule has 0 saturated heterocycles. The maximum atomic E-state index is 15.8. The van der Waals surface area contributed by atoms with Crippen LogP contribution in [0.2, 0.25) is 10.0 Å². The summed E-state index contributed by atoms with van der Waals surface area (Å²) in [5, 5.41) is 7.40. The second-order valence-electron chi connectivity index (χ2n) is 5.53. The van der Waals surface area contributed by atoms with Gasteiger partial charge in [-0.05, 0) is 35.4 Å². The minimum atomic E-state index is -1.72. The average Bonchev–Trinajstić information content (AvgIpc) is 3.12. The first-order valence-electron chi connectivity index (χ1n) is 7.49. The van der Waals surface area contributed by atoms with Crippen molar-refractivity contribution in [3.8, 4) is 11.1 Å². The van der Waals surface area contributed by atoms with E-state index in [0.717, 1.165) is 11.1 Å². The Balaban J connectivity index is 2.02. The van der Waals surface area contributed by atoms with Crippen molar-refractivity contribution >= 4 is 23.2 Å². The van der Waals surface area contributed by atoms with Crippen LogP contribution in [-0.4, -0.2) is 16.7 Å². The van der Waals surface area contributed by atoms with Crippen LogP contribution in [0.15, 0.2) is 54.9 Å². The Kier molecular flexibility index (Phi) is 4.90. The van der Waals surface area contributed by atoms with E-state index in [4.69, 9.17) is 28.9 Å². The molecular weight excluding hydrogens is 348 g/mol. The highest BCUT2D eigenvalue weighted by Crippen LogP contribution is 2.39. The summed E-state index contributed by atoms with van der Waals surface area (Å²) in [6, 6.07) is 12.1. The molecule has 1 heterocycles. The molecule has 1 unspecified atom stereocenters. The van der Waals surface area contributed by atoms with Crippen LogP contribution in [0.5, 0.6) is 0 Å². The number of hydrogen-bond donors (Lipinski definition) is 2. The highest BCUT2D eigenvalue weighted by molar-refractivity contribution is 6.42. The number of alkyl halides is 1. The van der Waals surface area contributed by atoms with Gasteiger partial charge in [-0.15, -0.1) is 0 Å². The third-order valence-corrected chi connectivity index (χ3v) is 4.78. The molecule has 0 aliphatic rings. The van der Waals surface area contributed by atoms with E-state index in [1.807, 2.05) is 12.1 Å². The fourth-order valence-corrected chi connectivity index (χ4v) is 3.03. The molecule has 3 rings (SSSR count). The number of nitrogens with zero attached hydrogens (tertiary/aromatic N) is 1. The van der Waals surface area contributed by atoms with Gasteiger partial charge in [-0.1, -0.05) is 53.5 Å². The Morgan fingerprint density at radius 1 is 1.00 bits per heavy atom. The highest BCUT2D eigenvalue weighted by Gasteiger charge is 2.34. The third-order valence-electron chi connectivity index (χ3n) is 4.04. The van der Waals surface area contributed by atoms with E-state index < -0.39 is 5.67 Å². The van der Waals surface area contributed by atoms with Gasteiger partial charge >= 0.3 is 0 Å². The van der Waals surface area contributed by atoms with E-state index in [-0.39, 0.29) is 13.0 Å². The van der Waals surface area contributed by atoms with E-state index in [2.05, 4.69) is 10.2 Å². The lowest BCUT2D eigenvalue weighted by Crippen LogP contribution is -2.25. The number of H-pyrrole nitrogens is 1. The van der Waals surface area contributed by atoms with Gasteiger partial charge in [0.1, 0.15) is 0 Å². The van der Waals surface area contributed by atoms with E-state index in [1.54, 1.807) is 42.7 Å². The molecule has 124 valence electrons. The van der Waals surface area contributed by atoms with Gasteiger partial charge in [-0.25, -0.2) is 4.39 Å². The number of nitrogens with one attached hydrogen (secondary N) is 1. The molecule has 0 saturated carbocycles. The number of aromatic amines is 1. The van der Waals surface area contributed by atoms with Crippen LogP contribution in [0.1, 0.15) is 17.5 Å². The molecule has 6 heteroatoms. The second kappa shape index (κ2) is 6.93. The maximum absolute atomic E-state index is 15.8. The van der Waals surface area contributed by atoms with Gasteiger partial charge in [-0.3, -0.25) is 5.10 Å². The molecule has 0 bridgehead atoms. The Bertz CT molecular complexity index is 819. The van der Waals surface area contributed by atoms with Crippen molar-refractivity contribution in [2.45, 2.75) is 12.1 Å². The van der Waals surface area contributed by atoms with Crippen molar-refractivity contribution in [2.75, 3.05) is 6.54 Å². The quantitative estimate of drug-likeness (QED) is 0.673. The van der Waals surface area contributed by atoms with E-state index in [9.17, 15) is 0 Å². The Hall–Kier alpha value is -1.88. The highest BCUT2D eigenvalue weighted by atomic mass is 35.5. The molecular formula is C18H16Cl2FN3. The first-order chi connectivity index (χ1) is 11.5. The number of rotatable bonds is 5. The Morgan fingerprint density at radius 3 is 2.29 bits per heavy atom. The van der Waals surface area contributed by atoms with Crippen molar-refractivity contribution in [2.24, 2.45) is 5.73 Å². The van der Waals surface area contributed by atoms with Crippen LogP contribution in [0, 0.1) is 0 Å². The predicted octanol–water partition coefficient (Wildman–Crippen LogP) is 4.95. The molecule has 3 N–H and O–H groups in total. The maximum Gasteiger partial charge on any atom is 0.162 e. The van der Waals surface area contributed by atoms with E-state index in [0.29, 0.717) is 21.2 Å². The summed E-state index contributed by atoms with van der Waals surface area (Å²) < 4.78 is 15.8. The fourth-order valence-electron chi connectivity index (χ4n) is 2.73. The average molecular weight is 364 g/mol.